The lowest BCUT2D eigenvalue weighted by atomic mass is 10.2. The number of anilines is 1. The van der Waals surface area contributed by atoms with Gasteiger partial charge in [-0.15, -0.1) is 0 Å². The van der Waals surface area contributed by atoms with Crippen molar-refractivity contribution in [3.8, 4) is 0 Å². The van der Waals surface area contributed by atoms with E-state index in [9.17, 15) is 4.79 Å². The fraction of sp³-hybridized carbons (Fsp3) is 0.636. The van der Waals surface area contributed by atoms with Crippen LogP contribution < -0.4 is 10.6 Å². The average molecular weight is 225 g/mol. The summed E-state index contributed by atoms with van der Waals surface area (Å²) in [4.78, 5) is 11.6. The molecule has 5 nitrogen and oxygen atoms in total. The number of hydrogen-bond acceptors (Lipinski definition) is 4. The normalized spacial score (nSPS) is 12.4. The Kier molecular flexibility index (Phi) is 4.98. The summed E-state index contributed by atoms with van der Waals surface area (Å²) in [6, 6.07) is 1.87. The minimum absolute atomic E-state index is 0.0515. The first-order valence-corrected chi connectivity index (χ1v) is 5.58. The lowest BCUT2D eigenvalue weighted by molar-refractivity contribution is -0.116. The summed E-state index contributed by atoms with van der Waals surface area (Å²) >= 11 is 0. The van der Waals surface area contributed by atoms with E-state index in [-0.39, 0.29) is 11.9 Å². The van der Waals surface area contributed by atoms with Crippen molar-refractivity contribution in [1.82, 2.24) is 10.5 Å². The first-order chi connectivity index (χ1) is 7.61. The molecule has 0 saturated heterocycles. The molecule has 1 heterocycles. The molecular weight excluding hydrogens is 206 g/mol. The Labute approximate surface area is 95.6 Å². The SMILES string of the molecule is CCCNC(C)CC(=O)Nc1cc(C)on1. The van der Waals surface area contributed by atoms with Crippen molar-refractivity contribution in [3.05, 3.63) is 11.8 Å². The van der Waals surface area contributed by atoms with E-state index in [1.807, 2.05) is 6.92 Å². The van der Waals surface area contributed by atoms with Crippen LogP contribution in [-0.4, -0.2) is 23.7 Å². The van der Waals surface area contributed by atoms with Crippen molar-refractivity contribution in [3.63, 3.8) is 0 Å². The molecule has 0 aliphatic rings. The zero-order valence-corrected chi connectivity index (χ0v) is 10.0. The summed E-state index contributed by atoms with van der Waals surface area (Å²) in [7, 11) is 0. The molecule has 0 aliphatic heterocycles. The minimum Gasteiger partial charge on any atom is -0.360 e. The van der Waals surface area contributed by atoms with Gasteiger partial charge in [-0.25, -0.2) is 0 Å². The van der Waals surface area contributed by atoms with Gasteiger partial charge in [0.05, 0.1) is 0 Å². The van der Waals surface area contributed by atoms with E-state index in [1.165, 1.54) is 0 Å². The molecular formula is C11H19N3O2. The highest BCUT2D eigenvalue weighted by Crippen LogP contribution is 2.07. The molecule has 5 heteroatoms. The molecule has 2 N–H and O–H groups in total. The average Bonchev–Trinajstić information content (AvgIpc) is 2.60. The molecule has 0 fully saturated rings. The number of aromatic nitrogens is 1. The molecule has 0 bridgehead atoms. The van der Waals surface area contributed by atoms with Gasteiger partial charge in [-0.05, 0) is 26.8 Å². The van der Waals surface area contributed by atoms with Crippen LogP contribution in [0.25, 0.3) is 0 Å². The Bertz CT molecular complexity index is 336. The molecule has 0 saturated carbocycles. The summed E-state index contributed by atoms with van der Waals surface area (Å²) in [5.41, 5.74) is 0. The van der Waals surface area contributed by atoms with Crippen LogP contribution in [0.4, 0.5) is 5.82 Å². The smallest absolute Gasteiger partial charge is 0.227 e. The van der Waals surface area contributed by atoms with Gasteiger partial charge in [-0.2, -0.15) is 0 Å². The Morgan fingerprint density at radius 3 is 2.94 bits per heavy atom. The number of aryl methyl sites for hydroxylation is 1. The third kappa shape index (κ3) is 4.44. The first-order valence-electron chi connectivity index (χ1n) is 5.58. The van der Waals surface area contributed by atoms with Gasteiger partial charge in [0.2, 0.25) is 5.91 Å². The molecule has 1 unspecified atom stereocenters. The predicted octanol–water partition coefficient (Wildman–Crippen LogP) is 1.70. The summed E-state index contributed by atoms with van der Waals surface area (Å²) in [5, 5.41) is 9.63. The highest BCUT2D eigenvalue weighted by atomic mass is 16.5. The summed E-state index contributed by atoms with van der Waals surface area (Å²) in [6.45, 7) is 6.80. The Morgan fingerprint density at radius 2 is 2.38 bits per heavy atom. The summed E-state index contributed by atoms with van der Waals surface area (Å²) in [6.07, 6.45) is 1.50. The van der Waals surface area contributed by atoms with Crippen LogP contribution in [-0.2, 0) is 4.79 Å². The molecule has 16 heavy (non-hydrogen) atoms. The number of rotatable bonds is 6. The molecule has 0 aliphatic carbocycles. The molecule has 0 radical (unpaired) electrons. The monoisotopic (exact) mass is 225 g/mol. The van der Waals surface area contributed by atoms with Crippen LogP contribution in [0.3, 0.4) is 0 Å². The number of nitrogens with one attached hydrogen (secondary N) is 2. The predicted molar refractivity (Wildman–Crippen MR) is 62.2 cm³/mol. The topological polar surface area (TPSA) is 67.2 Å². The Balaban J connectivity index is 2.30. The van der Waals surface area contributed by atoms with Gasteiger partial charge in [0, 0.05) is 18.5 Å². The van der Waals surface area contributed by atoms with Crippen LogP contribution in [0.15, 0.2) is 10.6 Å². The highest BCUT2D eigenvalue weighted by molar-refractivity contribution is 5.90. The molecule has 1 rings (SSSR count). The van der Waals surface area contributed by atoms with Crippen molar-refractivity contribution < 1.29 is 9.32 Å². The van der Waals surface area contributed by atoms with E-state index in [1.54, 1.807) is 13.0 Å². The van der Waals surface area contributed by atoms with Gasteiger partial charge in [-0.1, -0.05) is 12.1 Å². The fourth-order valence-corrected chi connectivity index (χ4v) is 1.36. The van der Waals surface area contributed by atoms with E-state index < -0.39 is 0 Å². The van der Waals surface area contributed by atoms with Crippen molar-refractivity contribution in [2.45, 2.75) is 39.7 Å². The molecule has 0 aromatic carbocycles. The standard InChI is InChI=1S/C11H19N3O2/c1-4-5-12-8(2)6-11(15)13-10-7-9(3)16-14-10/h7-8,12H,4-6H2,1-3H3,(H,13,14,15). The number of nitrogens with zero attached hydrogens (tertiary/aromatic N) is 1. The second kappa shape index (κ2) is 6.27. The van der Waals surface area contributed by atoms with Crippen LogP contribution >= 0.6 is 0 Å². The lowest BCUT2D eigenvalue weighted by Gasteiger charge is -2.11. The maximum atomic E-state index is 11.6. The maximum absolute atomic E-state index is 11.6. The van der Waals surface area contributed by atoms with Gasteiger partial charge < -0.3 is 15.2 Å². The van der Waals surface area contributed by atoms with Crippen molar-refractivity contribution >= 4 is 11.7 Å². The lowest BCUT2D eigenvalue weighted by Crippen LogP contribution is -2.31. The number of carbonyl (C=O) groups is 1. The minimum atomic E-state index is -0.0515. The van der Waals surface area contributed by atoms with Crippen molar-refractivity contribution in [2.24, 2.45) is 0 Å². The summed E-state index contributed by atoms with van der Waals surface area (Å²) in [5.74, 6) is 1.11. The van der Waals surface area contributed by atoms with Crippen LogP contribution in [0.1, 0.15) is 32.4 Å². The van der Waals surface area contributed by atoms with Crippen molar-refractivity contribution in [1.29, 1.82) is 0 Å². The van der Waals surface area contributed by atoms with Gasteiger partial charge in [0.1, 0.15) is 5.76 Å². The molecule has 1 atom stereocenters. The molecule has 0 spiro atoms. The first kappa shape index (κ1) is 12.7. The second-order valence-electron chi connectivity index (χ2n) is 3.93. The quantitative estimate of drug-likeness (QED) is 0.773. The van der Waals surface area contributed by atoms with Crippen molar-refractivity contribution in [2.75, 3.05) is 11.9 Å². The third-order valence-corrected chi connectivity index (χ3v) is 2.13. The third-order valence-electron chi connectivity index (χ3n) is 2.13. The van der Waals surface area contributed by atoms with Gasteiger partial charge in [0.25, 0.3) is 0 Å². The largest absolute Gasteiger partial charge is 0.360 e. The van der Waals surface area contributed by atoms with Crippen LogP contribution in [0.5, 0.6) is 0 Å². The Morgan fingerprint density at radius 1 is 1.62 bits per heavy atom. The van der Waals surface area contributed by atoms with E-state index >= 15 is 0 Å². The number of carbonyl (C=O) groups excluding carboxylic acids is 1. The highest BCUT2D eigenvalue weighted by Gasteiger charge is 2.10. The molecule has 1 aromatic heterocycles. The van der Waals surface area contributed by atoms with E-state index in [2.05, 4.69) is 22.7 Å². The zero-order valence-electron chi connectivity index (χ0n) is 10.0. The fourth-order valence-electron chi connectivity index (χ4n) is 1.36. The van der Waals surface area contributed by atoms with Crippen LogP contribution in [0, 0.1) is 6.92 Å². The zero-order chi connectivity index (χ0) is 12.0. The maximum Gasteiger partial charge on any atom is 0.227 e. The second-order valence-corrected chi connectivity index (χ2v) is 3.93. The van der Waals surface area contributed by atoms with Gasteiger partial charge in [-0.3, -0.25) is 4.79 Å². The van der Waals surface area contributed by atoms with E-state index in [0.29, 0.717) is 18.0 Å². The summed E-state index contributed by atoms with van der Waals surface area (Å²) < 4.78 is 4.85. The molecule has 90 valence electrons. The van der Waals surface area contributed by atoms with Gasteiger partial charge in [0.15, 0.2) is 5.82 Å². The van der Waals surface area contributed by atoms with E-state index in [0.717, 1.165) is 13.0 Å². The van der Waals surface area contributed by atoms with Crippen LogP contribution in [0.2, 0.25) is 0 Å². The molecule has 1 amide bonds. The number of amides is 1. The number of hydrogen-bond donors (Lipinski definition) is 2. The Hall–Kier alpha value is -1.36. The molecule has 1 aromatic rings. The van der Waals surface area contributed by atoms with Gasteiger partial charge >= 0.3 is 0 Å². The van der Waals surface area contributed by atoms with E-state index in [4.69, 9.17) is 4.52 Å².